The molecular weight excluding hydrogens is 375 g/mol. The van der Waals surface area contributed by atoms with Crippen LogP contribution in [0.3, 0.4) is 0 Å². The summed E-state index contributed by atoms with van der Waals surface area (Å²) in [5, 5.41) is 7.89. The highest BCUT2D eigenvalue weighted by Crippen LogP contribution is 2.15. The number of hydrogen-bond donors (Lipinski definition) is 3. The van der Waals surface area contributed by atoms with E-state index in [1.807, 2.05) is 0 Å². The van der Waals surface area contributed by atoms with Gasteiger partial charge in [0.25, 0.3) is 11.8 Å². The van der Waals surface area contributed by atoms with E-state index in [4.69, 9.17) is 0 Å². The molecule has 0 bridgehead atoms. The minimum Gasteiger partial charge on any atom is -0.326 e. The van der Waals surface area contributed by atoms with Crippen LogP contribution in [-0.4, -0.2) is 22.7 Å². The second-order valence-corrected chi connectivity index (χ2v) is 6.08. The molecule has 0 fully saturated rings. The Labute approximate surface area is 166 Å². The molecule has 1 heterocycles. The molecule has 0 aliphatic carbocycles. The van der Waals surface area contributed by atoms with Crippen LogP contribution in [0, 0.1) is 5.82 Å². The standard InChI is InChI=1S/C21H17FN4O3/c1-13(27)23-15-9-11-17(12-10-15)25-21(29)19-4-2-3-18(26-19)20(28)24-16-7-5-14(22)6-8-16/h2-12H,1H3,(H,23,27)(H,24,28)(H,25,29). The van der Waals surface area contributed by atoms with E-state index in [2.05, 4.69) is 20.9 Å². The van der Waals surface area contributed by atoms with Gasteiger partial charge in [-0.2, -0.15) is 0 Å². The smallest absolute Gasteiger partial charge is 0.274 e. The number of aromatic nitrogens is 1. The lowest BCUT2D eigenvalue weighted by Crippen LogP contribution is -2.18. The number of halogens is 1. The first-order valence-electron chi connectivity index (χ1n) is 8.64. The molecule has 146 valence electrons. The van der Waals surface area contributed by atoms with Gasteiger partial charge in [-0.3, -0.25) is 14.4 Å². The zero-order valence-corrected chi connectivity index (χ0v) is 15.4. The molecule has 3 rings (SSSR count). The molecule has 2 aromatic carbocycles. The van der Waals surface area contributed by atoms with Gasteiger partial charge in [0.15, 0.2) is 0 Å². The van der Waals surface area contributed by atoms with E-state index in [-0.39, 0.29) is 17.3 Å². The van der Waals surface area contributed by atoms with Crippen LogP contribution >= 0.6 is 0 Å². The second kappa shape index (κ2) is 8.75. The number of rotatable bonds is 5. The number of carbonyl (C=O) groups excluding carboxylic acids is 3. The molecule has 0 spiro atoms. The summed E-state index contributed by atoms with van der Waals surface area (Å²) in [5.41, 5.74) is 1.62. The van der Waals surface area contributed by atoms with Gasteiger partial charge in [0.2, 0.25) is 5.91 Å². The highest BCUT2D eigenvalue weighted by molar-refractivity contribution is 6.06. The highest BCUT2D eigenvalue weighted by Gasteiger charge is 2.13. The maximum atomic E-state index is 13.0. The molecule has 3 amide bonds. The summed E-state index contributed by atoms with van der Waals surface area (Å²) in [4.78, 5) is 39.9. The van der Waals surface area contributed by atoms with Crippen LogP contribution < -0.4 is 16.0 Å². The van der Waals surface area contributed by atoms with Crippen molar-refractivity contribution in [2.45, 2.75) is 6.92 Å². The first kappa shape index (κ1) is 19.7. The second-order valence-electron chi connectivity index (χ2n) is 6.08. The maximum absolute atomic E-state index is 13.0. The summed E-state index contributed by atoms with van der Waals surface area (Å²) in [6.07, 6.45) is 0. The molecule has 1 aromatic heterocycles. The van der Waals surface area contributed by atoms with Crippen LogP contribution in [0.1, 0.15) is 27.9 Å². The first-order chi connectivity index (χ1) is 13.9. The topological polar surface area (TPSA) is 100 Å². The van der Waals surface area contributed by atoms with Crippen molar-refractivity contribution in [2.75, 3.05) is 16.0 Å². The van der Waals surface area contributed by atoms with Gasteiger partial charge in [0.05, 0.1) is 0 Å². The predicted octanol–water partition coefficient (Wildman–Crippen LogP) is 3.68. The lowest BCUT2D eigenvalue weighted by Gasteiger charge is -2.08. The van der Waals surface area contributed by atoms with E-state index in [9.17, 15) is 18.8 Å². The Morgan fingerprint density at radius 2 is 1.10 bits per heavy atom. The Morgan fingerprint density at radius 3 is 1.55 bits per heavy atom. The van der Waals surface area contributed by atoms with Gasteiger partial charge >= 0.3 is 0 Å². The first-order valence-corrected chi connectivity index (χ1v) is 8.64. The van der Waals surface area contributed by atoms with Gasteiger partial charge in [-0.1, -0.05) is 6.07 Å². The van der Waals surface area contributed by atoms with Crippen molar-refractivity contribution in [1.82, 2.24) is 4.98 Å². The number of benzene rings is 2. The molecule has 7 nitrogen and oxygen atoms in total. The van der Waals surface area contributed by atoms with Crippen LogP contribution in [0.15, 0.2) is 66.7 Å². The number of nitrogens with one attached hydrogen (secondary N) is 3. The number of amides is 3. The zero-order chi connectivity index (χ0) is 20.8. The summed E-state index contributed by atoms with van der Waals surface area (Å²) in [5.74, 6) is -1.62. The van der Waals surface area contributed by atoms with Crippen molar-refractivity contribution in [2.24, 2.45) is 0 Å². The minimum atomic E-state index is -0.522. The SMILES string of the molecule is CC(=O)Nc1ccc(NC(=O)c2cccc(C(=O)Nc3ccc(F)cc3)n2)cc1. The number of nitrogens with zero attached hydrogens (tertiary/aromatic N) is 1. The van der Waals surface area contributed by atoms with Crippen molar-refractivity contribution in [3.8, 4) is 0 Å². The molecule has 0 saturated heterocycles. The van der Waals surface area contributed by atoms with E-state index in [0.717, 1.165) is 0 Å². The molecule has 0 radical (unpaired) electrons. The molecule has 0 aliphatic heterocycles. The van der Waals surface area contributed by atoms with Crippen LogP contribution in [-0.2, 0) is 4.79 Å². The zero-order valence-electron chi connectivity index (χ0n) is 15.4. The van der Waals surface area contributed by atoms with Gasteiger partial charge < -0.3 is 16.0 Å². The van der Waals surface area contributed by atoms with E-state index < -0.39 is 17.6 Å². The van der Waals surface area contributed by atoms with Gasteiger partial charge in [0.1, 0.15) is 17.2 Å². The lowest BCUT2D eigenvalue weighted by molar-refractivity contribution is -0.114. The highest BCUT2D eigenvalue weighted by atomic mass is 19.1. The number of hydrogen-bond acceptors (Lipinski definition) is 4. The number of anilines is 3. The van der Waals surface area contributed by atoms with E-state index in [1.54, 1.807) is 30.3 Å². The normalized spacial score (nSPS) is 10.1. The van der Waals surface area contributed by atoms with E-state index in [1.165, 1.54) is 43.3 Å². The Kier molecular flexibility index (Phi) is 5.94. The van der Waals surface area contributed by atoms with Gasteiger partial charge in [-0.05, 0) is 60.7 Å². The lowest BCUT2D eigenvalue weighted by atomic mass is 10.2. The molecule has 0 atom stereocenters. The van der Waals surface area contributed by atoms with Crippen molar-refractivity contribution in [3.05, 3.63) is 83.9 Å². The third kappa shape index (κ3) is 5.46. The molecule has 0 saturated carbocycles. The van der Waals surface area contributed by atoms with Crippen LogP contribution in [0.25, 0.3) is 0 Å². The molecule has 29 heavy (non-hydrogen) atoms. The molecule has 0 aliphatic rings. The average Bonchev–Trinajstić information content (AvgIpc) is 2.71. The molecule has 3 aromatic rings. The summed E-state index contributed by atoms with van der Waals surface area (Å²) >= 11 is 0. The summed E-state index contributed by atoms with van der Waals surface area (Å²) in [6, 6.07) is 16.4. The molecule has 3 N–H and O–H groups in total. The van der Waals surface area contributed by atoms with Crippen molar-refractivity contribution in [3.63, 3.8) is 0 Å². The third-order valence-electron chi connectivity index (χ3n) is 3.78. The fraction of sp³-hybridized carbons (Fsp3) is 0.0476. The van der Waals surface area contributed by atoms with Crippen molar-refractivity contribution < 1.29 is 18.8 Å². The summed E-state index contributed by atoms with van der Waals surface area (Å²) in [7, 11) is 0. The van der Waals surface area contributed by atoms with Gasteiger partial charge in [0, 0.05) is 24.0 Å². The van der Waals surface area contributed by atoms with E-state index >= 15 is 0 Å². The number of pyridine rings is 1. The minimum absolute atomic E-state index is 0.0444. The summed E-state index contributed by atoms with van der Waals surface area (Å²) in [6.45, 7) is 1.40. The fourth-order valence-corrected chi connectivity index (χ4v) is 2.45. The van der Waals surface area contributed by atoms with Crippen LogP contribution in [0.2, 0.25) is 0 Å². The molecule has 8 heteroatoms. The Bertz CT molecular complexity index is 1050. The Hall–Kier alpha value is -4.07. The van der Waals surface area contributed by atoms with Crippen LogP contribution in [0.5, 0.6) is 0 Å². The Morgan fingerprint density at radius 1 is 0.690 bits per heavy atom. The Balaban J connectivity index is 1.68. The quantitative estimate of drug-likeness (QED) is 0.617. The average molecular weight is 392 g/mol. The van der Waals surface area contributed by atoms with Gasteiger partial charge in [-0.15, -0.1) is 0 Å². The monoisotopic (exact) mass is 392 g/mol. The molecular formula is C21H17FN4O3. The molecule has 0 unspecified atom stereocenters. The largest absolute Gasteiger partial charge is 0.326 e. The van der Waals surface area contributed by atoms with Crippen LogP contribution in [0.4, 0.5) is 21.5 Å². The van der Waals surface area contributed by atoms with Crippen molar-refractivity contribution in [1.29, 1.82) is 0 Å². The van der Waals surface area contributed by atoms with Crippen molar-refractivity contribution >= 4 is 34.8 Å². The predicted molar refractivity (Wildman–Crippen MR) is 107 cm³/mol. The summed E-state index contributed by atoms with van der Waals surface area (Å²) < 4.78 is 13.0. The van der Waals surface area contributed by atoms with E-state index in [0.29, 0.717) is 17.1 Å². The maximum Gasteiger partial charge on any atom is 0.274 e. The van der Waals surface area contributed by atoms with Gasteiger partial charge in [-0.25, -0.2) is 9.37 Å². The number of carbonyl (C=O) groups is 3. The third-order valence-corrected chi connectivity index (χ3v) is 3.78. The fourth-order valence-electron chi connectivity index (χ4n) is 2.45.